The third-order valence-corrected chi connectivity index (χ3v) is 5.67. The number of rotatable bonds is 8. The topological polar surface area (TPSA) is 108 Å². The zero-order valence-electron chi connectivity index (χ0n) is 16.6. The van der Waals surface area contributed by atoms with E-state index in [4.69, 9.17) is 30.9 Å². The van der Waals surface area contributed by atoms with Gasteiger partial charge in [-0.3, -0.25) is 10.1 Å². The highest BCUT2D eigenvalue weighted by atomic mass is 35.5. The Hall–Kier alpha value is -2.68. The Balaban J connectivity index is 2.02. The van der Waals surface area contributed by atoms with Gasteiger partial charge in [-0.05, 0) is 54.7 Å². The van der Waals surface area contributed by atoms with Crippen molar-refractivity contribution < 1.29 is 29.0 Å². The molecule has 2 aromatic carbocycles. The van der Waals surface area contributed by atoms with E-state index < -0.39 is 28.3 Å². The minimum Gasteiger partial charge on any atom is -0.486 e. The van der Waals surface area contributed by atoms with E-state index in [-0.39, 0.29) is 17.9 Å². The number of carbonyl (C=O) groups is 1. The fourth-order valence-corrected chi connectivity index (χ4v) is 4.31. The summed E-state index contributed by atoms with van der Waals surface area (Å²) in [7, 11) is 3.06. The molecule has 0 spiro atoms. The SMILES string of the molecule is COC(OC)[C@]1(COc2ccc(C(=O)O)cc2[N+](=O)[O-])CCCc2cc(Cl)ccc21. The molecule has 0 bridgehead atoms. The zero-order chi connectivity index (χ0) is 21.9. The Morgan fingerprint density at radius 3 is 2.63 bits per heavy atom. The van der Waals surface area contributed by atoms with Crippen LogP contribution in [0.15, 0.2) is 36.4 Å². The average molecular weight is 436 g/mol. The van der Waals surface area contributed by atoms with Gasteiger partial charge in [0.05, 0.1) is 15.9 Å². The molecule has 0 saturated carbocycles. The molecule has 0 fully saturated rings. The van der Waals surface area contributed by atoms with E-state index in [1.54, 1.807) is 6.07 Å². The molecule has 9 heteroatoms. The van der Waals surface area contributed by atoms with Gasteiger partial charge in [0, 0.05) is 25.3 Å². The lowest BCUT2D eigenvalue weighted by Gasteiger charge is -2.42. The summed E-state index contributed by atoms with van der Waals surface area (Å²) in [6.45, 7) is 0.0429. The Bertz CT molecular complexity index is 960. The van der Waals surface area contributed by atoms with Gasteiger partial charge in [-0.2, -0.15) is 0 Å². The second-order valence-electron chi connectivity index (χ2n) is 7.15. The lowest BCUT2D eigenvalue weighted by atomic mass is 9.69. The van der Waals surface area contributed by atoms with Crippen molar-refractivity contribution in [2.75, 3.05) is 20.8 Å². The van der Waals surface area contributed by atoms with E-state index in [0.29, 0.717) is 11.4 Å². The Kier molecular flexibility index (Phi) is 6.60. The van der Waals surface area contributed by atoms with Crippen LogP contribution in [0.3, 0.4) is 0 Å². The number of nitrogens with zero attached hydrogens (tertiary/aromatic N) is 1. The van der Waals surface area contributed by atoms with Crippen LogP contribution >= 0.6 is 11.6 Å². The van der Waals surface area contributed by atoms with Crippen LogP contribution < -0.4 is 4.74 Å². The first-order chi connectivity index (χ1) is 14.3. The molecule has 0 aliphatic heterocycles. The molecule has 1 aliphatic rings. The number of nitro groups is 1. The van der Waals surface area contributed by atoms with Gasteiger partial charge in [0.15, 0.2) is 12.0 Å². The molecule has 8 nitrogen and oxygen atoms in total. The molecule has 0 aromatic heterocycles. The van der Waals surface area contributed by atoms with Crippen molar-refractivity contribution in [2.24, 2.45) is 0 Å². The predicted octanol–water partition coefficient (Wildman–Crippen LogP) is 4.22. The van der Waals surface area contributed by atoms with Crippen LogP contribution in [-0.4, -0.2) is 43.1 Å². The maximum absolute atomic E-state index is 11.5. The van der Waals surface area contributed by atoms with E-state index in [2.05, 4.69) is 0 Å². The number of nitro benzene ring substituents is 1. The zero-order valence-corrected chi connectivity index (χ0v) is 17.3. The smallest absolute Gasteiger partial charge is 0.335 e. The fraction of sp³-hybridized carbons (Fsp3) is 0.381. The quantitative estimate of drug-likeness (QED) is 0.375. The van der Waals surface area contributed by atoms with E-state index in [1.807, 2.05) is 12.1 Å². The maximum atomic E-state index is 11.5. The third-order valence-electron chi connectivity index (χ3n) is 5.44. The van der Waals surface area contributed by atoms with Gasteiger partial charge in [0.25, 0.3) is 0 Å². The molecule has 0 amide bonds. The molecule has 0 heterocycles. The largest absolute Gasteiger partial charge is 0.486 e. The first-order valence-electron chi connectivity index (χ1n) is 9.31. The lowest BCUT2D eigenvalue weighted by molar-refractivity contribution is -0.386. The molecule has 1 aliphatic carbocycles. The van der Waals surface area contributed by atoms with Crippen LogP contribution in [0.1, 0.15) is 34.3 Å². The average Bonchev–Trinajstić information content (AvgIpc) is 2.72. The summed E-state index contributed by atoms with van der Waals surface area (Å²) < 4.78 is 17.1. The number of carboxylic acid groups (broad SMARTS) is 1. The van der Waals surface area contributed by atoms with Gasteiger partial charge >= 0.3 is 11.7 Å². The molecule has 160 valence electrons. The van der Waals surface area contributed by atoms with E-state index in [0.717, 1.165) is 30.0 Å². The van der Waals surface area contributed by atoms with Gasteiger partial charge in [0.1, 0.15) is 6.61 Å². The highest BCUT2D eigenvalue weighted by molar-refractivity contribution is 6.30. The minimum absolute atomic E-state index is 0.0172. The standard InChI is InChI=1S/C21H22ClNO7/c1-28-20(29-2)21(9-3-4-13-10-15(22)6-7-16(13)21)12-30-18-8-5-14(19(24)25)11-17(18)23(26)27/h5-8,10-11,20H,3-4,9,12H2,1-2H3,(H,24,25)/t21-/m0/s1. The monoisotopic (exact) mass is 435 g/mol. The van der Waals surface area contributed by atoms with Crippen molar-refractivity contribution in [2.45, 2.75) is 31.0 Å². The number of halogens is 1. The number of hydrogen-bond donors (Lipinski definition) is 1. The fourth-order valence-electron chi connectivity index (χ4n) is 4.12. The number of carboxylic acids is 1. The van der Waals surface area contributed by atoms with Gasteiger partial charge < -0.3 is 19.3 Å². The summed E-state index contributed by atoms with van der Waals surface area (Å²) in [6.07, 6.45) is 1.69. The first-order valence-corrected chi connectivity index (χ1v) is 9.69. The molecule has 1 atom stereocenters. The number of aromatic carboxylic acids is 1. The number of hydrogen-bond acceptors (Lipinski definition) is 6. The summed E-state index contributed by atoms with van der Waals surface area (Å²) in [5.74, 6) is -1.27. The van der Waals surface area contributed by atoms with Crippen LogP contribution in [0.25, 0.3) is 0 Å². The van der Waals surface area contributed by atoms with E-state index in [9.17, 15) is 14.9 Å². The van der Waals surface area contributed by atoms with Crippen LogP contribution in [0.5, 0.6) is 5.75 Å². The van der Waals surface area contributed by atoms with Crippen molar-refractivity contribution in [3.05, 3.63) is 68.2 Å². The lowest BCUT2D eigenvalue weighted by Crippen LogP contribution is -2.49. The van der Waals surface area contributed by atoms with Crippen molar-refractivity contribution in [1.82, 2.24) is 0 Å². The third kappa shape index (κ3) is 4.12. The van der Waals surface area contributed by atoms with Crippen LogP contribution in [0.4, 0.5) is 5.69 Å². The summed E-state index contributed by atoms with van der Waals surface area (Å²) in [5, 5.41) is 21.2. The summed E-state index contributed by atoms with van der Waals surface area (Å²) in [5.41, 5.74) is 0.682. The number of aryl methyl sites for hydroxylation is 1. The predicted molar refractivity (Wildman–Crippen MR) is 109 cm³/mol. The molecule has 2 aromatic rings. The highest BCUT2D eigenvalue weighted by Crippen LogP contribution is 2.43. The number of methoxy groups -OCH3 is 2. The molecular weight excluding hydrogens is 414 g/mol. The highest BCUT2D eigenvalue weighted by Gasteiger charge is 2.45. The minimum atomic E-state index is -1.25. The van der Waals surface area contributed by atoms with Crippen LogP contribution in [0, 0.1) is 10.1 Å². The Morgan fingerprint density at radius 1 is 1.27 bits per heavy atom. The van der Waals surface area contributed by atoms with Gasteiger partial charge in [0.2, 0.25) is 0 Å². The summed E-state index contributed by atoms with van der Waals surface area (Å²) in [4.78, 5) is 22.0. The van der Waals surface area contributed by atoms with Crippen LogP contribution in [-0.2, 0) is 21.3 Å². The molecule has 0 unspecified atom stereocenters. The number of ether oxygens (including phenoxy) is 3. The van der Waals surface area contributed by atoms with Crippen molar-refractivity contribution in [1.29, 1.82) is 0 Å². The van der Waals surface area contributed by atoms with Crippen molar-refractivity contribution in [3.8, 4) is 5.75 Å². The van der Waals surface area contributed by atoms with E-state index in [1.165, 1.54) is 26.4 Å². The van der Waals surface area contributed by atoms with Gasteiger partial charge in [-0.25, -0.2) is 4.79 Å². The second kappa shape index (κ2) is 8.99. The molecule has 0 saturated heterocycles. The van der Waals surface area contributed by atoms with Crippen molar-refractivity contribution in [3.63, 3.8) is 0 Å². The molecule has 30 heavy (non-hydrogen) atoms. The first kappa shape index (κ1) is 22.0. The number of fused-ring (bicyclic) bond motifs is 1. The van der Waals surface area contributed by atoms with E-state index >= 15 is 0 Å². The summed E-state index contributed by atoms with van der Waals surface area (Å²) >= 11 is 6.17. The summed E-state index contributed by atoms with van der Waals surface area (Å²) in [6, 6.07) is 9.16. The number of benzene rings is 2. The van der Waals surface area contributed by atoms with Gasteiger partial charge in [-0.15, -0.1) is 0 Å². The Morgan fingerprint density at radius 2 is 2.00 bits per heavy atom. The maximum Gasteiger partial charge on any atom is 0.335 e. The second-order valence-corrected chi connectivity index (χ2v) is 7.58. The van der Waals surface area contributed by atoms with Crippen molar-refractivity contribution >= 4 is 23.3 Å². The molecule has 0 radical (unpaired) electrons. The molecule has 3 rings (SSSR count). The normalized spacial score (nSPS) is 18.1. The Labute approximate surface area is 178 Å². The molecular formula is C21H22ClNO7. The molecule has 1 N–H and O–H groups in total. The van der Waals surface area contributed by atoms with Crippen LogP contribution in [0.2, 0.25) is 5.02 Å². The van der Waals surface area contributed by atoms with Gasteiger partial charge in [-0.1, -0.05) is 17.7 Å².